The van der Waals surface area contributed by atoms with Gasteiger partial charge in [0.05, 0.1) is 6.04 Å². The van der Waals surface area contributed by atoms with Gasteiger partial charge in [-0.1, -0.05) is 44.2 Å². The van der Waals surface area contributed by atoms with Crippen LogP contribution in [-0.2, 0) is 35.2 Å². The average molecular weight is 521 g/mol. The number of primary amides is 2. The quantitative estimate of drug-likeness (QED) is 0.132. The van der Waals surface area contributed by atoms with Crippen LogP contribution in [0.3, 0.4) is 0 Å². The smallest absolute Gasteiger partial charge is 0.326 e. The van der Waals surface area contributed by atoms with E-state index in [4.69, 9.17) is 17.2 Å². The number of aliphatic carboxylic acids is 1. The molecule has 10 N–H and O–H groups in total. The van der Waals surface area contributed by atoms with Crippen LogP contribution in [0.5, 0.6) is 0 Å². The highest BCUT2D eigenvalue weighted by atomic mass is 16.4. The van der Waals surface area contributed by atoms with Gasteiger partial charge in [-0.05, 0) is 24.3 Å². The minimum Gasteiger partial charge on any atom is -0.480 e. The summed E-state index contributed by atoms with van der Waals surface area (Å²) in [6, 6.07) is 3.87. The number of amides is 5. The molecule has 1 aromatic carbocycles. The number of benzene rings is 1. The zero-order valence-corrected chi connectivity index (χ0v) is 20.9. The summed E-state index contributed by atoms with van der Waals surface area (Å²) >= 11 is 0. The van der Waals surface area contributed by atoms with Gasteiger partial charge in [-0.25, -0.2) is 4.79 Å². The molecule has 13 nitrogen and oxygen atoms in total. The summed E-state index contributed by atoms with van der Waals surface area (Å²) < 4.78 is 0. The molecule has 0 heterocycles. The van der Waals surface area contributed by atoms with Crippen molar-refractivity contribution < 1.29 is 33.9 Å². The third-order valence-electron chi connectivity index (χ3n) is 5.50. The van der Waals surface area contributed by atoms with Crippen molar-refractivity contribution in [2.75, 3.05) is 0 Å². The fourth-order valence-corrected chi connectivity index (χ4v) is 3.36. The number of carboxylic acids is 1. The van der Waals surface area contributed by atoms with Crippen LogP contribution in [0.4, 0.5) is 0 Å². The number of nitrogens with two attached hydrogens (primary N) is 3. The largest absolute Gasteiger partial charge is 0.480 e. The number of carbonyl (C=O) groups is 6. The Morgan fingerprint density at radius 1 is 0.784 bits per heavy atom. The molecule has 0 saturated heterocycles. The van der Waals surface area contributed by atoms with Gasteiger partial charge in [0.1, 0.15) is 18.1 Å². The van der Waals surface area contributed by atoms with E-state index in [1.54, 1.807) is 44.2 Å². The molecule has 0 spiro atoms. The van der Waals surface area contributed by atoms with Crippen molar-refractivity contribution in [1.29, 1.82) is 0 Å². The Morgan fingerprint density at radius 2 is 1.30 bits per heavy atom. The van der Waals surface area contributed by atoms with Crippen LogP contribution in [0.1, 0.15) is 45.1 Å². The van der Waals surface area contributed by atoms with Crippen molar-refractivity contribution >= 4 is 35.5 Å². The van der Waals surface area contributed by atoms with Crippen molar-refractivity contribution in [1.82, 2.24) is 16.0 Å². The van der Waals surface area contributed by atoms with Crippen molar-refractivity contribution in [3.05, 3.63) is 35.9 Å². The Bertz CT molecular complexity index is 970. The van der Waals surface area contributed by atoms with Crippen LogP contribution >= 0.6 is 0 Å². The van der Waals surface area contributed by atoms with Crippen LogP contribution in [-0.4, -0.2) is 64.8 Å². The summed E-state index contributed by atoms with van der Waals surface area (Å²) in [6.07, 6.45) is -0.613. The summed E-state index contributed by atoms with van der Waals surface area (Å²) in [4.78, 5) is 72.6. The van der Waals surface area contributed by atoms with E-state index in [-0.39, 0.29) is 32.1 Å². The molecule has 0 aliphatic heterocycles. The molecule has 0 aromatic heterocycles. The lowest BCUT2D eigenvalue weighted by Gasteiger charge is -2.26. The Hall–Kier alpha value is -4.00. The Labute approximate surface area is 214 Å². The average Bonchev–Trinajstić information content (AvgIpc) is 2.82. The fourth-order valence-electron chi connectivity index (χ4n) is 3.36. The second-order valence-corrected chi connectivity index (χ2v) is 9.00. The summed E-state index contributed by atoms with van der Waals surface area (Å²) in [5.74, 6) is -5.34. The minimum atomic E-state index is -1.29. The van der Waals surface area contributed by atoms with Crippen LogP contribution in [0.2, 0.25) is 0 Å². The van der Waals surface area contributed by atoms with Crippen LogP contribution in [0.15, 0.2) is 30.3 Å². The molecule has 0 saturated carbocycles. The first-order valence-corrected chi connectivity index (χ1v) is 11.8. The van der Waals surface area contributed by atoms with Gasteiger partial charge >= 0.3 is 5.97 Å². The van der Waals surface area contributed by atoms with Crippen LogP contribution in [0.25, 0.3) is 0 Å². The fraction of sp³-hybridized carbons (Fsp3) is 0.500. The van der Waals surface area contributed by atoms with E-state index in [1.165, 1.54) is 0 Å². The molecule has 0 aliphatic carbocycles. The Morgan fingerprint density at radius 3 is 1.81 bits per heavy atom. The van der Waals surface area contributed by atoms with Crippen molar-refractivity contribution in [3.8, 4) is 0 Å². The van der Waals surface area contributed by atoms with Gasteiger partial charge < -0.3 is 38.3 Å². The zero-order valence-electron chi connectivity index (χ0n) is 20.9. The number of hydrogen-bond acceptors (Lipinski definition) is 7. The van der Waals surface area contributed by atoms with E-state index < -0.39 is 65.6 Å². The van der Waals surface area contributed by atoms with E-state index in [9.17, 15) is 33.9 Å². The Kier molecular flexibility index (Phi) is 12.7. The first-order chi connectivity index (χ1) is 17.3. The lowest BCUT2D eigenvalue weighted by atomic mass is 10.0. The number of carboxylic acid groups (broad SMARTS) is 1. The molecule has 1 aromatic rings. The monoisotopic (exact) mass is 520 g/mol. The lowest BCUT2D eigenvalue weighted by molar-refractivity contribution is -0.143. The predicted molar refractivity (Wildman–Crippen MR) is 133 cm³/mol. The van der Waals surface area contributed by atoms with Crippen LogP contribution in [0, 0.1) is 5.92 Å². The number of hydrogen-bond donors (Lipinski definition) is 7. The van der Waals surface area contributed by atoms with Crippen LogP contribution < -0.4 is 33.2 Å². The van der Waals surface area contributed by atoms with Crippen molar-refractivity contribution in [3.63, 3.8) is 0 Å². The minimum absolute atomic E-state index is 0.0253. The molecule has 4 unspecified atom stereocenters. The highest BCUT2D eigenvalue weighted by Gasteiger charge is 2.31. The maximum Gasteiger partial charge on any atom is 0.326 e. The first kappa shape index (κ1) is 31.0. The molecule has 1 rings (SSSR count). The normalized spacial score (nSPS) is 14.1. The summed E-state index contributed by atoms with van der Waals surface area (Å²) in [5, 5.41) is 16.9. The molecule has 0 aliphatic rings. The number of carbonyl (C=O) groups excluding carboxylic acids is 5. The van der Waals surface area contributed by atoms with Gasteiger partial charge in [-0.2, -0.15) is 0 Å². The second-order valence-electron chi connectivity index (χ2n) is 9.00. The van der Waals surface area contributed by atoms with Gasteiger partial charge in [0.15, 0.2) is 0 Å². The van der Waals surface area contributed by atoms with E-state index >= 15 is 0 Å². The van der Waals surface area contributed by atoms with Crippen molar-refractivity contribution in [2.24, 2.45) is 23.1 Å². The third kappa shape index (κ3) is 11.5. The molecule has 204 valence electrons. The third-order valence-corrected chi connectivity index (χ3v) is 5.50. The van der Waals surface area contributed by atoms with Gasteiger partial charge in [0.25, 0.3) is 0 Å². The topological polar surface area (TPSA) is 237 Å². The van der Waals surface area contributed by atoms with Gasteiger partial charge in [0, 0.05) is 19.3 Å². The van der Waals surface area contributed by atoms with E-state index in [2.05, 4.69) is 16.0 Å². The SMILES string of the molecule is CC(C)C(NC(=O)C(Cc1ccccc1)NC(=O)C(CCC(N)=O)NC(=O)C(N)CCC(N)=O)C(=O)O. The van der Waals surface area contributed by atoms with Gasteiger partial charge in [-0.15, -0.1) is 0 Å². The molecule has 0 fully saturated rings. The maximum atomic E-state index is 13.1. The molecular weight excluding hydrogens is 484 g/mol. The summed E-state index contributed by atoms with van der Waals surface area (Å²) in [5.41, 5.74) is 16.7. The molecule has 5 amide bonds. The van der Waals surface area contributed by atoms with Gasteiger partial charge in [0.2, 0.25) is 29.5 Å². The second kappa shape index (κ2) is 15.2. The van der Waals surface area contributed by atoms with E-state index in [0.29, 0.717) is 5.56 Å². The molecule has 13 heteroatoms. The standard InChI is InChI=1S/C24H36N6O7/c1-13(2)20(24(36)37)30-23(35)17(12-14-6-4-3-5-7-14)29-22(34)16(9-11-19(27)32)28-21(33)15(25)8-10-18(26)31/h3-7,13,15-17,20H,8-12,25H2,1-2H3,(H2,26,31)(H2,27,32)(H,28,33)(H,29,34)(H,30,35)(H,36,37). The summed E-state index contributed by atoms with van der Waals surface area (Å²) in [7, 11) is 0. The molecule has 4 atom stereocenters. The highest BCUT2D eigenvalue weighted by Crippen LogP contribution is 2.08. The first-order valence-electron chi connectivity index (χ1n) is 11.8. The Balaban J connectivity index is 3.12. The molecule has 0 radical (unpaired) electrons. The van der Waals surface area contributed by atoms with E-state index in [0.717, 1.165) is 0 Å². The molecule has 37 heavy (non-hydrogen) atoms. The van der Waals surface area contributed by atoms with Crippen molar-refractivity contribution in [2.45, 2.75) is 70.1 Å². The summed E-state index contributed by atoms with van der Waals surface area (Å²) in [6.45, 7) is 3.25. The molecular formula is C24H36N6O7. The van der Waals surface area contributed by atoms with Gasteiger partial charge in [-0.3, -0.25) is 24.0 Å². The number of nitrogens with one attached hydrogen (secondary N) is 3. The highest BCUT2D eigenvalue weighted by molar-refractivity contribution is 5.94. The zero-order chi connectivity index (χ0) is 28.1. The number of rotatable bonds is 16. The lowest BCUT2D eigenvalue weighted by Crippen LogP contribution is -2.58. The molecule has 0 bridgehead atoms. The maximum absolute atomic E-state index is 13.1. The predicted octanol–water partition coefficient (Wildman–Crippen LogP) is -1.72. The van der Waals surface area contributed by atoms with E-state index in [1.807, 2.05) is 0 Å².